The molecular weight excluding hydrogens is 350 g/mol. The number of aromatic nitrogens is 2. The van der Waals surface area contributed by atoms with Gasteiger partial charge in [0.25, 0.3) is 5.91 Å². The van der Waals surface area contributed by atoms with Crippen LogP contribution in [0.4, 0.5) is 0 Å². The topological polar surface area (TPSA) is 95.1 Å². The fourth-order valence-corrected chi connectivity index (χ4v) is 2.73. The van der Waals surface area contributed by atoms with Gasteiger partial charge in [0, 0.05) is 6.20 Å². The van der Waals surface area contributed by atoms with Gasteiger partial charge in [0.05, 0.1) is 25.5 Å². The number of hydrogen-bond acceptors (Lipinski definition) is 6. The number of amides is 1. The van der Waals surface area contributed by atoms with Crippen LogP contribution in [0.2, 0.25) is 0 Å². The van der Waals surface area contributed by atoms with Gasteiger partial charge in [-0.15, -0.1) is 0 Å². The molecule has 27 heavy (non-hydrogen) atoms. The average molecular weight is 371 g/mol. The molecule has 0 aliphatic rings. The lowest BCUT2D eigenvalue weighted by Gasteiger charge is -2.07. The Balaban J connectivity index is 1.76. The van der Waals surface area contributed by atoms with Gasteiger partial charge in [0.1, 0.15) is 11.5 Å². The second kappa shape index (κ2) is 7.94. The monoisotopic (exact) mass is 371 g/mol. The molecule has 3 rings (SSSR count). The number of hydrogen-bond donors (Lipinski definition) is 1. The summed E-state index contributed by atoms with van der Waals surface area (Å²) in [5.74, 6) is 0.340. The first-order chi connectivity index (χ1) is 13.0. The van der Waals surface area contributed by atoms with Crippen molar-refractivity contribution in [2.45, 2.75) is 27.3 Å². The average Bonchev–Trinajstić information content (AvgIpc) is 3.25. The van der Waals surface area contributed by atoms with Crippen LogP contribution in [-0.2, 0) is 11.3 Å². The Bertz CT molecular complexity index is 973. The summed E-state index contributed by atoms with van der Waals surface area (Å²) in [4.78, 5) is 28.8. The van der Waals surface area contributed by atoms with Crippen LogP contribution in [0.5, 0.6) is 5.75 Å². The van der Waals surface area contributed by atoms with Gasteiger partial charge >= 0.3 is 5.97 Å². The quantitative estimate of drug-likeness (QED) is 0.642. The molecule has 0 fully saturated rings. The smallest absolute Gasteiger partial charge is 0.374 e. The van der Waals surface area contributed by atoms with Gasteiger partial charge in [-0.1, -0.05) is 0 Å². The van der Waals surface area contributed by atoms with E-state index >= 15 is 0 Å². The normalized spacial score (nSPS) is 10.8. The van der Waals surface area contributed by atoms with Crippen LogP contribution in [0.15, 0.2) is 34.9 Å². The minimum absolute atomic E-state index is 0.105. The van der Waals surface area contributed by atoms with Crippen molar-refractivity contribution in [3.63, 3.8) is 0 Å². The fraction of sp³-hybridized carbons (Fsp3) is 0.316. The Labute approximate surface area is 156 Å². The van der Waals surface area contributed by atoms with Crippen molar-refractivity contribution in [1.29, 1.82) is 0 Å². The number of esters is 1. The molecule has 8 nitrogen and oxygen atoms in total. The van der Waals surface area contributed by atoms with E-state index in [1.54, 1.807) is 36.6 Å². The van der Waals surface area contributed by atoms with Crippen LogP contribution in [0.3, 0.4) is 0 Å². The molecule has 3 aromatic heterocycles. The van der Waals surface area contributed by atoms with Gasteiger partial charge in [-0.2, -0.15) is 0 Å². The molecule has 0 spiro atoms. The van der Waals surface area contributed by atoms with Gasteiger partial charge in [-0.25, -0.2) is 9.78 Å². The van der Waals surface area contributed by atoms with Crippen molar-refractivity contribution < 1.29 is 23.5 Å². The molecule has 3 heterocycles. The van der Waals surface area contributed by atoms with Gasteiger partial charge < -0.3 is 19.2 Å². The van der Waals surface area contributed by atoms with Crippen LogP contribution >= 0.6 is 0 Å². The zero-order valence-corrected chi connectivity index (χ0v) is 15.4. The molecule has 8 heteroatoms. The lowest BCUT2D eigenvalue weighted by molar-refractivity contribution is 0.0488. The maximum Gasteiger partial charge on any atom is 0.374 e. The summed E-state index contributed by atoms with van der Waals surface area (Å²) < 4.78 is 17.5. The lowest BCUT2D eigenvalue weighted by Crippen LogP contribution is -2.24. The van der Waals surface area contributed by atoms with Gasteiger partial charge in [-0.3, -0.25) is 9.20 Å². The largest absolute Gasteiger partial charge is 0.490 e. The van der Waals surface area contributed by atoms with Crippen LogP contribution in [0.1, 0.15) is 46.3 Å². The third-order valence-electron chi connectivity index (χ3n) is 3.86. The van der Waals surface area contributed by atoms with E-state index in [1.165, 1.54) is 6.07 Å². The summed E-state index contributed by atoms with van der Waals surface area (Å²) in [7, 11) is 0. The Morgan fingerprint density at radius 1 is 1.22 bits per heavy atom. The Kier molecular flexibility index (Phi) is 5.44. The van der Waals surface area contributed by atoms with Crippen LogP contribution < -0.4 is 10.1 Å². The van der Waals surface area contributed by atoms with E-state index < -0.39 is 5.97 Å². The third kappa shape index (κ3) is 3.79. The number of furan rings is 1. The number of carbonyl (C=O) groups excluding carboxylic acids is 2. The molecule has 0 unspecified atom stereocenters. The first-order valence-corrected chi connectivity index (χ1v) is 8.69. The van der Waals surface area contributed by atoms with E-state index in [2.05, 4.69) is 10.3 Å². The van der Waals surface area contributed by atoms with Crippen molar-refractivity contribution in [2.24, 2.45) is 0 Å². The second-order valence-corrected chi connectivity index (χ2v) is 5.71. The van der Waals surface area contributed by atoms with Gasteiger partial charge in [0.15, 0.2) is 11.4 Å². The molecule has 0 aliphatic heterocycles. The molecule has 3 aromatic rings. The van der Waals surface area contributed by atoms with E-state index in [0.29, 0.717) is 35.2 Å². The molecule has 0 saturated heterocycles. The highest BCUT2D eigenvalue weighted by atomic mass is 16.5. The zero-order valence-electron chi connectivity index (χ0n) is 15.4. The highest BCUT2D eigenvalue weighted by Gasteiger charge is 2.19. The zero-order chi connectivity index (χ0) is 19.4. The van der Waals surface area contributed by atoms with E-state index in [0.717, 1.165) is 0 Å². The standard InChI is InChI=1S/C19H21N3O5/c1-4-25-14-7-6-10-22-16(12(3)21-17(14)22)18(23)20-11-13-8-9-15(27-13)19(24)26-5-2/h6-10H,4-5,11H2,1-3H3,(H,20,23). The Morgan fingerprint density at radius 3 is 2.78 bits per heavy atom. The summed E-state index contributed by atoms with van der Waals surface area (Å²) in [5, 5.41) is 2.78. The summed E-state index contributed by atoms with van der Waals surface area (Å²) >= 11 is 0. The van der Waals surface area contributed by atoms with Gasteiger partial charge in [0.2, 0.25) is 5.76 Å². The summed E-state index contributed by atoms with van der Waals surface area (Å²) in [5.41, 5.74) is 1.60. The minimum atomic E-state index is -0.531. The number of nitrogens with zero attached hydrogens (tertiary/aromatic N) is 2. The number of rotatable bonds is 7. The third-order valence-corrected chi connectivity index (χ3v) is 3.86. The number of aryl methyl sites for hydroxylation is 1. The van der Waals surface area contributed by atoms with Crippen molar-refractivity contribution in [2.75, 3.05) is 13.2 Å². The molecule has 1 N–H and O–H groups in total. The number of ether oxygens (including phenoxy) is 2. The van der Waals surface area contributed by atoms with Gasteiger partial charge in [-0.05, 0) is 45.0 Å². The summed E-state index contributed by atoms with van der Waals surface area (Å²) in [6.07, 6.45) is 1.76. The highest BCUT2D eigenvalue weighted by molar-refractivity contribution is 5.95. The molecule has 0 radical (unpaired) electrons. The fourth-order valence-electron chi connectivity index (χ4n) is 2.73. The highest BCUT2D eigenvalue weighted by Crippen LogP contribution is 2.22. The SMILES string of the molecule is CCOC(=O)c1ccc(CNC(=O)c2c(C)nc3c(OCC)cccn23)o1. The number of imidazole rings is 1. The number of fused-ring (bicyclic) bond motifs is 1. The van der Waals surface area contributed by atoms with E-state index in [9.17, 15) is 9.59 Å². The molecule has 0 atom stereocenters. The number of pyridine rings is 1. The molecule has 142 valence electrons. The van der Waals surface area contributed by atoms with E-state index in [-0.39, 0.29) is 24.8 Å². The van der Waals surface area contributed by atoms with Crippen molar-refractivity contribution in [3.8, 4) is 5.75 Å². The molecule has 0 aromatic carbocycles. The molecule has 0 saturated carbocycles. The van der Waals surface area contributed by atoms with E-state index in [1.807, 2.05) is 13.0 Å². The second-order valence-electron chi connectivity index (χ2n) is 5.71. The Morgan fingerprint density at radius 2 is 2.04 bits per heavy atom. The van der Waals surface area contributed by atoms with Crippen LogP contribution in [0.25, 0.3) is 5.65 Å². The minimum Gasteiger partial charge on any atom is -0.490 e. The predicted molar refractivity (Wildman–Crippen MR) is 96.9 cm³/mol. The van der Waals surface area contributed by atoms with Crippen LogP contribution in [-0.4, -0.2) is 34.5 Å². The van der Waals surface area contributed by atoms with Crippen molar-refractivity contribution in [1.82, 2.24) is 14.7 Å². The first kappa shape index (κ1) is 18.5. The first-order valence-electron chi connectivity index (χ1n) is 8.69. The molecule has 0 bridgehead atoms. The van der Waals surface area contributed by atoms with Crippen LogP contribution in [0, 0.1) is 6.92 Å². The molecule has 0 aliphatic carbocycles. The van der Waals surface area contributed by atoms with Crippen molar-refractivity contribution in [3.05, 3.63) is 53.4 Å². The molecular formula is C19H21N3O5. The molecule has 1 amide bonds. The number of nitrogens with one attached hydrogen (secondary N) is 1. The summed E-state index contributed by atoms with van der Waals surface area (Å²) in [6, 6.07) is 6.76. The van der Waals surface area contributed by atoms with Crippen molar-refractivity contribution >= 4 is 17.5 Å². The maximum absolute atomic E-state index is 12.7. The lowest BCUT2D eigenvalue weighted by atomic mass is 10.3. The predicted octanol–water partition coefficient (Wildman–Crippen LogP) is 2.74. The number of carbonyl (C=O) groups is 2. The Hall–Kier alpha value is -3.29. The summed E-state index contributed by atoms with van der Waals surface area (Å²) in [6.45, 7) is 6.29. The maximum atomic E-state index is 12.7. The van der Waals surface area contributed by atoms with E-state index in [4.69, 9.17) is 13.9 Å².